The number of carbonyl (C=O) groups excluding carboxylic acids is 3. The van der Waals surface area contributed by atoms with Crippen LogP contribution in [0.1, 0.15) is 226 Å². The SMILES string of the molecule is CC\C=C/C=C\C=C/CCCCCCCCCC(=O)OCC(COC(=O)CCCCC/C=C\CCCCCCCC)OC(=O)CCCCCCCCC\C=C/C=C\C=C/CC. The molecule has 0 saturated heterocycles. The van der Waals surface area contributed by atoms with E-state index in [0.29, 0.717) is 19.3 Å². The van der Waals surface area contributed by atoms with Crippen molar-refractivity contribution in [3.63, 3.8) is 0 Å². The van der Waals surface area contributed by atoms with Crippen LogP contribution in [-0.4, -0.2) is 37.2 Å². The summed E-state index contributed by atoms with van der Waals surface area (Å²) < 4.78 is 16.8. The van der Waals surface area contributed by atoms with Gasteiger partial charge in [-0.2, -0.15) is 0 Å². The van der Waals surface area contributed by atoms with E-state index in [-0.39, 0.29) is 31.1 Å². The van der Waals surface area contributed by atoms with E-state index in [1.165, 1.54) is 89.9 Å². The van der Waals surface area contributed by atoms with Gasteiger partial charge in [0.05, 0.1) is 0 Å². The maximum Gasteiger partial charge on any atom is 0.306 e. The van der Waals surface area contributed by atoms with Gasteiger partial charge in [0.2, 0.25) is 0 Å². The van der Waals surface area contributed by atoms with Gasteiger partial charge in [-0.1, -0.05) is 209 Å². The third kappa shape index (κ3) is 47.5. The molecule has 0 rings (SSSR count). The molecule has 6 heteroatoms. The van der Waals surface area contributed by atoms with Crippen LogP contribution in [0.15, 0.2) is 85.1 Å². The fourth-order valence-corrected chi connectivity index (χ4v) is 6.73. The molecule has 0 saturated carbocycles. The quantitative estimate of drug-likeness (QED) is 0.0200. The highest BCUT2D eigenvalue weighted by Gasteiger charge is 2.19. The van der Waals surface area contributed by atoms with Gasteiger partial charge in [-0.3, -0.25) is 14.4 Å². The van der Waals surface area contributed by atoms with Gasteiger partial charge in [-0.05, 0) is 83.5 Å². The molecule has 0 aromatic heterocycles. The van der Waals surface area contributed by atoms with E-state index >= 15 is 0 Å². The highest BCUT2D eigenvalue weighted by Crippen LogP contribution is 2.14. The molecule has 348 valence electrons. The van der Waals surface area contributed by atoms with E-state index in [4.69, 9.17) is 14.2 Å². The van der Waals surface area contributed by atoms with Crippen molar-refractivity contribution in [3.8, 4) is 0 Å². The molecule has 0 aliphatic rings. The molecule has 0 radical (unpaired) electrons. The third-order valence-corrected chi connectivity index (χ3v) is 10.5. The van der Waals surface area contributed by atoms with Gasteiger partial charge in [0, 0.05) is 19.3 Å². The molecule has 0 bridgehead atoms. The molecule has 0 fully saturated rings. The Labute approximate surface area is 375 Å². The summed E-state index contributed by atoms with van der Waals surface area (Å²) in [6.07, 6.45) is 62.7. The molecule has 0 aromatic carbocycles. The number of hydrogen-bond donors (Lipinski definition) is 0. The molecule has 61 heavy (non-hydrogen) atoms. The summed E-state index contributed by atoms with van der Waals surface area (Å²) in [5, 5.41) is 0. The van der Waals surface area contributed by atoms with Crippen LogP contribution < -0.4 is 0 Å². The summed E-state index contributed by atoms with van der Waals surface area (Å²) in [7, 11) is 0. The van der Waals surface area contributed by atoms with Crippen molar-refractivity contribution in [2.45, 2.75) is 232 Å². The second kappa shape index (κ2) is 49.2. The van der Waals surface area contributed by atoms with Crippen molar-refractivity contribution >= 4 is 17.9 Å². The molecule has 0 N–H and O–H groups in total. The fraction of sp³-hybridized carbons (Fsp3) is 0.691. The van der Waals surface area contributed by atoms with Crippen LogP contribution in [0.4, 0.5) is 0 Å². The van der Waals surface area contributed by atoms with Crippen molar-refractivity contribution in [2.24, 2.45) is 0 Å². The number of esters is 3. The zero-order chi connectivity index (χ0) is 44.4. The van der Waals surface area contributed by atoms with E-state index in [2.05, 4.69) is 106 Å². The molecular weight excluding hydrogens is 757 g/mol. The number of hydrogen-bond acceptors (Lipinski definition) is 6. The van der Waals surface area contributed by atoms with Crippen LogP contribution in [0.5, 0.6) is 0 Å². The fourth-order valence-electron chi connectivity index (χ4n) is 6.73. The average molecular weight is 849 g/mol. The first kappa shape index (κ1) is 57.6. The summed E-state index contributed by atoms with van der Waals surface area (Å²) in [5.74, 6) is -0.935. The van der Waals surface area contributed by atoms with Crippen LogP contribution in [0.2, 0.25) is 0 Å². The Hall–Kier alpha value is -3.41. The van der Waals surface area contributed by atoms with E-state index in [1.54, 1.807) is 0 Å². The highest BCUT2D eigenvalue weighted by molar-refractivity contribution is 5.71. The van der Waals surface area contributed by atoms with Gasteiger partial charge < -0.3 is 14.2 Å². The smallest absolute Gasteiger partial charge is 0.306 e. The first-order chi connectivity index (χ1) is 30.0. The van der Waals surface area contributed by atoms with Crippen molar-refractivity contribution in [3.05, 3.63) is 85.1 Å². The van der Waals surface area contributed by atoms with E-state index in [0.717, 1.165) is 96.3 Å². The topological polar surface area (TPSA) is 78.9 Å². The normalized spacial score (nSPS) is 12.8. The second-order valence-electron chi connectivity index (χ2n) is 16.4. The zero-order valence-electron chi connectivity index (χ0n) is 39.7. The number of rotatable bonds is 44. The lowest BCUT2D eigenvalue weighted by molar-refractivity contribution is -0.167. The summed E-state index contributed by atoms with van der Waals surface area (Å²) in [4.78, 5) is 37.9. The van der Waals surface area contributed by atoms with Crippen molar-refractivity contribution < 1.29 is 28.6 Å². The van der Waals surface area contributed by atoms with Crippen LogP contribution in [-0.2, 0) is 28.6 Å². The van der Waals surface area contributed by atoms with Gasteiger partial charge in [-0.25, -0.2) is 0 Å². The van der Waals surface area contributed by atoms with Crippen molar-refractivity contribution in [1.29, 1.82) is 0 Å². The van der Waals surface area contributed by atoms with Crippen LogP contribution >= 0.6 is 0 Å². The van der Waals surface area contributed by atoms with E-state index in [1.807, 2.05) is 0 Å². The molecule has 1 atom stereocenters. The lowest BCUT2D eigenvalue weighted by Crippen LogP contribution is -2.30. The summed E-state index contributed by atoms with van der Waals surface area (Å²) in [6, 6.07) is 0. The summed E-state index contributed by atoms with van der Waals surface area (Å²) in [6.45, 7) is 6.33. The zero-order valence-corrected chi connectivity index (χ0v) is 39.7. The van der Waals surface area contributed by atoms with Crippen molar-refractivity contribution in [1.82, 2.24) is 0 Å². The minimum Gasteiger partial charge on any atom is -0.462 e. The van der Waals surface area contributed by atoms with Gasteiger partial charge in [0.15, 0.2) is 6.10 Å². The van der Waals surface area contributed by atoms with Gasteiger partial charge in [-0.15, -0.1) is 0 Å². The minimum absolute atomic E-state index is 0.0933. The molecule has 0 aliphatic carbocycles. The van der Waals surface area contributed by atoms with Gasteiger partial charge in [0.1, 0.15) is 13.2 Å². The van der Waals surface area contributed by atoms with Crippen LogP contribution in [0.25, 0.3) is 0 Å². The van der Waals surface area contributed by atoms with Crippen LogP contribution in [0, 0.1) is 0 Å². The third-order valence-electron chi connectivity index (χ3n) is 10.5. The standard InChI is InChI=1S/C55H92O6/c1-4-7-10-13-16-19-22-25-27-30-33-36-39-42-45-48-54(57)60-51-52(50-59-53(56)47-44-41-38-35-32-29-24-21-18-15-12-9-6-3)61-55(58)49-46-43-40-37-34-31-28-26-23-20-17-14-11-8-5-2/h7-8,10-11,13-14,16-17,19-20,22-23,29,32,52H,4-6,9,12,15,18,21,24-28,30-31,33-51H2,1-3H3/b10-7-,11-8-,16-13-,17-14-,22-19-,23-20-,32-29-. The molecular formula is C55H92O6. The number of unbranched alkanes of at least 4 members (excludes halogenated alkanes) is 23. The predicted octanol–water partition coefficient (Wildman–Crippen LogP) is 16.4. The van der Waals surface area contributed by atoms with E-state index in [9.17, 15) is 14.4 Å². The maximum absolute atomic E-state index is 12.8. The lowest BCUT2D eigenvalue weighted by atomic mass is 10.1. The number of allylic oxidation sites excluding steroid dienone is 14. The molecule has 1 unspecified atom stereocenters. The molecule has 0 aromatic rings. The summed E-state index contributed by atoms with van der Waals surface area (Å²) >= 11 is 0. The number of ether oxygens (including phenoxy) is 3. The minimum atomic E-state index is -0.793. The average Bonchev–Trinajstić information content (AvgIpc) is 3.26. The Bertz CT molecular complexity index is 1200. The Morgan fingerprint density at radius 1 is 0.344 bits per heavy atom. The van der Waals surface area contributed by atoms with Gasteiger partial charge >= 0.3 is 17.9 Å². The monoisotopic (exact) mass is 849 g/mol. The molecule has 0 aliphatic heterocycles. The Kier molecular flexibility index (Phi) is 46.5. The van der Waals surface area contributed by atoms with E-state index < -0.39 is 6.10 Å². The van der Waals surface area contributed by atoms with Crippen LogP contribution in [0.3, 0.4) is 0 Å². The summed E-state index contributed by atoms with van der Waals surface area (Å²) in [5.41, 5.74) is 0. The molecule has 0 amide bonds. The molecule has 0 spiro atoms. The maximum atomic E-state index is 12.8. The Morgan fingerprint density at radius 3 is 1.05 bits per heavy atom. The first-order valence-corrected chi connectivity index (χ1v) is 25.2. The predicted molar refractivity (Wildman–Crippen MR) is 261 cm³/mol. The molecule has 0 heterocycles. The Morgan fingerprint density at radius 2 is 0.656 bits per heavy atom. The largest absolute Gasteiger partial charge is 0.462 e. The lowest BCUT2D eigenvalue weighted by Gasteiger charge is -2.18. The van der Waals surface area contributed by atoms with Gasteiger partial charge in [0.25, 0.3) is 0 Å². The number of carbonyl (C=O) groups is 3. The first-order valence-electron chi connectivity index (χ1n) is 25.2. The Balaban J connectivity index is 4.45. The van der Waals surface area contributed by atoms with Crippen molar-refractivity contribution in [2.75, 3.05) is 13.2 Å². The molecule has 6 nitrogen and oxygen atoms in total. The second-order valence-corrected chi connectivity index (χ2v) is 16.4. The highest BCUT2D eigenvalue weighted by atomic mass is 16.6.